The lowest BCUT2D eigenvalue weighted by Gasteiger charge is -2.32. The van der Waals surface area contributed by atoms with Gasteiger partial charge in [-0.15, -0.1) is 10.2 Å². The molecule has 2 aliphatic rings. The van der Waals surface area contributed by atoms with Gasteiger partial charge in [0.05, 0.1) is 17.9 Å². The Morgan fingerprint density at radius 1 is 1.07 bits per heavy atom. The Balaban J connectivity index is 1.42. The third kappa shape index (κ3) is 3.46. The summed E-state index contributed by atoms with van der Waals surface area (Å²) in [5.74, 6) is 2.88. The van der Waals surface area contributed by atoms with Gasteiger partial charge in [0.1, 0.15) is 17.5 Å². The van der Waals surface area contributed by atoms with E-state index >= 15 is 0 Å². The molecule has 0 N–H and O–H groups in total. The number of rotatable bonds is 2. The number of hydrogen-bond donors (Lipinski definition) is 0. The third-order valence-electron chi connectivity index (χ3n) is 6.08. The zero-order chi connectivity index (χ0) is 20.8. The maximum Gasteiger partial charge on any atom is 0.151 e. The standard InChI is InChI=1S/C22H24ClFN6/c1-14-18(24)4-6-20(25-14)29-9-7-15(8-10-29)22-27-26-21-13-28(2)12-16-11-17(23)3-5-19(16)30(21)22/h3-6,11,15H,7-10,12-13H2,1-2H3. The number of halogens is 2. The van der Waals surface area contributed by atoms with Crippen LogP contribution in [0.2, 0.25) is 5.02 Å². The van der Waals surface area contributed by atoms with Crippen LogP contribution in [0.15, 0.2) is 30.3 Å². The molecule has 30 heavy (non-hydrogen) atoms. The van der Waals surface area contributed by atoms with E-state index in [1.54, 1.807) is 13.0 Å². The van der Waals surface area contributed by atoms with Crippen molar-refractivity contribution < 1.29 is 4.39 Å². The second-order valence-electron chi connectivity index (χ2n) is 8.25. The number of fused-ring (bicyclic) bond motifs is 3. The first-order valence-electron chi connectivity index (χ1n) is 10.3. The number of hydrogen-bond acceptors (Lipinski definition) is 5. The number of anilines is 1. The fourth-order valence-corrected chi connectivity index (χ4v) is 4.72. The van der Waals surface area contributed by atoms with E-state index < -0.39 is 0 Å². The van der Waals surface area contributed by atoms with Gasteiger partial charge >= 0.3 is 0 Å². The zero-order valence-electron chi connectivity index (χ0n) is 17.1. The van der Waals surface area contributed by atoms with E-state index in [2.05, 4.69) is 42.7 Å². The number of aryl methyl sites for hydroxylation is 1. The summed E-state index contributed by atoms with van der Waals surface area (Å²) in [5, 5.41) is 9.89. The lowest BCUT2D eigenvalue weighted by Crippen LogP contribution is -2.34. The lowest BCUT2D eigenvalue weighted by molar-refractivity contribution is 0.315. The summed E-state index contributed by atoms with van der Waals surface area (Å²) < 4.78 is 15.8. The zero-order valence-corrected chi connectivity index (χ0v) is 17.9. The first-order valence-corrected chi connectivity index (χ1v) is 10.7. The van der Waals surface area contributed by atoms with Crippen molar-refractivity contribution in [1.82, 2.24) is 24.6 Å². The minimum Gasteiger partial charge on any atom is -0.357 e. The van der Waals surface area contributed by atoms with Gasteiger partial charge in [0.2, 0.25) is 0 Å². The Hall–Kier alpha value is -2.51. The molecule has 0 amide bonds. The molecule has 2 aliphatic heterocycles. The Labute approximate surface area is 180 Å². The third-order valence-corrected chi connectivity index (χ3v) is 6.31. The van der Waals surface area contributed by atoms with E-state index in [4.69, 9.17) is 11.6 Å². The highest BCUT2D eigenvalue weighted by atomic mass is 35.5. The van der Waals surface area contributed by atoms with E-state index in [1.165, 1.54) is 11.6 Å². The largest absolute Gasteiger partial charge is 0.357 e. The highest BCUT2D eigenvalue weighted by molar-refractivity contribution is 6.30. The maximum atomic E-state index is 13.6. The van der Waals surface area contributed by atoms with E-state index in [1.807, 2.05) is 12.1 Å². The van der Waals surface area contributed by atoms with E-state index in [-0.39, 0.29) is 5.82 Å². The molecule has 0 aliphatic carbocycles. The molecule has 1 aromatic carbocycles. The number of aromatic nitrogens is 4. The minimum atomic E-state index is -0.261. The molecule has 156 valence electrons. The van der Waals surface area contributed by atoms with Crippen LogP contribution in [-0.2, 0) is 13.1 Å². The molecule has 0 bridgehead atoms. The van der Waals surface area contributed by atoms with E-state index in [9.17, 15) is 4.39 Å². The van der Waals surface area contributed by atoms with Crippen LogP contribution in [-0.4, -0.2) is 44.8 Å². The van der Waals surface area contributed by atoms with Crippen molar-refractivity contribution in [1.29, 1.82) is 0 Å². The smallest absolute Gasteiger partial charge is 0.151 e. The van der Waals surface area contributed by atoms with Gasteiger partial charge in [0.15, 0.2) is 5.82 Å². The van der Waals surface area contributed by atoms with Crippen LogP contribution in [0.3, 0.4) is 0 Å². The van der Waals surface area contributed by atoms with Gasteiger partial charge in [0, 0.05) is 30.6 Å². The van der Waals surface area contributed by atoms with Crippen LogP contribution in [0.25, 0.3) is 5.69 Å². The molecule has 0 atom stereocenters. The highest BCUT2D eigenvalue weighted by Crippen LogP contribution is 2.34. The summed E-state index contributed by atoms with van der Waals surface area (Å²) in [4.78, 5) is 8.87. The Bertz CT molecular complexity index is 1090. The summed E-state index contributed by atoms with van der Waals surface area (Å²) in [6, 6.07) is 9.32. The predicted molar refractivity (Wildman–Crippen MR) is 115 cm³/mol. The summed E-state index contributed by atoms with van der Waals surface area (Å²) in [6.07, 6.45) is 1.91. The summed E-state index contributed by atoms with van der Waals surface area (Å²) in [6.45, 7) is 5.00. The Kier molecular flexibility index (Phi) is 4.95. The lowest BCUT2D eigenvalue weighted by atomic mass is 9.95. The number of pyridine rings is 1. The van der Waals surface area contributed by atoms with Crippen molar-refractivity contribution in [3.05, 3.63) is 64.1 Å². The molecular formula is C22H24ClFN6. The first kappa shape index (κ1) is 19.5. The second kappa shape index (κ2) is 7.63. The fraction of sp³-hybridized carbons (Fsp3) is 0.409. The molecule has 2 aromatic heterocycles. The average Bonchev–Trinajstić information content (AvgIpc) is 3.07. The van der Waals surface area contributed by atoms with E-state index in [0.717, 1.165) is 67.2 Å². The first-order chi connectivity index (χ1) is 14.5. The summed E-state index contributed by atoms with van der Waals surface area (Å²) >= 11 is 6.27. The highest BCUT2D eigenvalue weighted by Gasteiger charge is 2.29. The topological polar surface area (TPSA) is 50.1 Å². The van der Waals surface area contributed by atoms with Crippen LogP contribution >= 0.6 is 11.6 Å². The predicted octanol–water partition coefficient (Wildman–Crippen LogP) is 4.09. The van der Waals surface area contributed by atoms with Crippen LogP contribution in [0.4, 0.5) is 10.2 Å². The SMILES string of the molecule is Cc1nc(N2CCC(c3nnc4n3-c3ccc(Cl)cc3CN(C)C4)CC2)ccc1F. The normalized spacial score (nSPS) is 17.5. The quantitative estimate of drug-likeness (QED) is 0.617. The van der Waals surface area contributed by atoms with Crippen LogP contribution in [0.1, 0.15) is 41.7 Å². The van der Waals surface area contributed by atoms with Crippen LogP contribution in [0.5, 0.6) is 0 Å². The second-order valence-corrected chi connectivity index (χ2v) is 8.69. The van der Waals surface area contributed by atoms with Crippen LogP contribution < -0.4 is 4.90 Å². The molecule has 8 heteroatoms. The van der Waals surface area contributed by atoms with Crippen molar-refractivity contribution in [3.63, 3.8) is 0 Å². The molecule has 0 saturated carbocycles. The van der Waals surface area contributed by atoms with Gasteiger partial charge in [-0.05, 0) is 62.7 Å². The van der Waals surface area contributed by atoms with Gasteiger partial charge in [0.25, 0.3) is 0 Å². The van der Waals surface area contributed by atoms with Crippen molar-refractivity contribution in [2.45, 2.75) is 38.8 Å². The van der Waals surface area contributed by atoms with Crippen molar-refractivity contribution in [2.75, 3.05) is 25.0 Å². The molecule has 1 fully saturated rings. The molecule has 0 spiro atoms. The fourth-order valence-electron chi connectivity index (χ4n) is 4.52. The van der Waals surface area contributed by atoms with Gasteiger partial charge < -0.3 is 4.90 Å². The number of nitrogens with zero attached hydrogens (tertiary/aromatic N) is 6. The van der Waals surface area contributed by atoms with Gasteiger partial charge in [-0.1, -0.05) is 11.6 Å². The average molecular weight is 427 g/mol. The molecule has 1 saturated heterocycles. The molecule has 6 nitrogen and oxygen atoms in total. The molecule has 0 unspecified atom stereocenters. The minimum absolute atomic E-state index is 0.261. The molecule has 5 rings (SSSR count). The van der Waals surface area contributed by atoms with Crippen molar-refractivity contribution in [3.8, 4) is 5.69 Å². The Morgan fingerprint density at radius 3 is 2.63 bits per heavy atom. The number of piperidine rings is 1. The summed E-state index contributed by atoms with van der Waals surface area (Å²) in [5.41, 5.74) is 2.75. The molecule has 3 aromatic rings. The van der Waals surface area contributed by atoms with Gasteiger partial charge in [-0.3, -0.25) is 9.47 Å². The van der Waals surface area contributed by atoms with E-state index in [0.29, 0.717) is 11.6 Å². The molecule has 4 heterocycles. The number of benzene rings is 1. The van der Waals surface area contributed by atoms with Crippen molar-refractivity contribution >= 4 is 17.4 Å². The molecular weight excluding hydrogens is 403 g/mol. The van der Waals surface area contributed by atoms with Gasteiger partial charge in [-0.2, -0.15) is 0 Å². The molecule has 0 radical (unpaired) electrons. The summed E-state index contributed by atoms with van der Waals surface area (Å²) in [7, 11) is 2.09. The van der Waals surface area contributed by atoms with Crippen molar-refractivity contribution in [2.24, 2.45) is 0 Å². The monoisotopic (exact) mass is 426 g/mol. The maximum absolute atomic E-state index is 13.6. The van der Waals surface area contributed by atoms with Gasteiger partial charge in [-0.25, -0.2) is 9.37 Å². The Morgan fingerprint density at radius 2 is 1.87 bits per heavy atom. The van der Waals surface area contributed by atoms with Crippen LogP contribution in [0, 0.1) is 12.7 Å².